The van der Waals surface area contributed by atoms with Gasteiger partial charge in [-0.2, -0.15) is 0 Å². The number of hydrogen-bond acceptors (Lipinski definition) is 8. The van der Waals surface area contributed by atoms with Gasteiger partial charge < -0.3 is 20.6 Å². The summed E-state index contributed by atoms with van der Waals surface area (Å²) >= 11 is 0.940. The van der Waals surface area contributed by atoms with Crippen LogP contribution in [0.2, 0.25) is 0 Å². The third-order valence-corrected chi connectivity index (χ3v) is 9.12. The third kappa shape index (κ3) is 5.90. The Labute approximate surface area is 227 Å². The van der Waals surface area contributed by atoms with E-state index in [2.05, 4.69) is 15.5 Å². The van der Waals surface area contributed by atoms with E-state index in [-0.39, 0.29) is 15.6 Å². The number of urea groups is 1. The molecule has 10 nitrogen and oxygen atoms in total. The minimum atomic E-state index is -4.06. The van der Waals surface area contributed by atoms with Crippen LogP contribution in [0.25, 0.3) is 16.5 Å². The zero-order valence-electron chi connectivity index (χ0n) is 20.7. The van der Waals surface area contributed by atoms with E-state index in [1.807, 2.05) is 4.72 Å². The minimum Gasteiger partial charge on any atom is -0.494 e. The maximum atomic E-state index is 15.1. The smallest absolute Gasteiger partial charge is 0.333 e. The summed E-state index contributed by atoms with van der Waals surface area (Å²) < 4.78 is 42.1. The number of rotatable bonds is 8. The van der Waals surface area contributed by atoms with Crippen molar-refractivity contribution in [2.24, 2.45) is 0 Å². The number of likely N-dealkylation sites (tertiary alicyclic amines) is 1. The number of pyridine rings is 1. The standard InChI is InChI=1S/C26H26FN5O5S2/c27-21-16-19(29-26(35)30-39(36,37)24-4-3-13-38-24)6-8-22(21)32-23(33)15-17-14-18(5-7-20(17)25(32)34)28-9-12-31-10-1-2-11-31/h3-8,13-16,28,34H,1-2,9-12H2,(H2,29,30,35). The number of halogens is 1. The van der Waals surface area contributed by atoms with E-state index in [1.165, 1.54) is 43.2 Å². The van der Waals surface area contributed by atoms with Gasteiger partial charge in [0.2, 0.25) is 5.88 Å². The highest BCUT2D eigenvalue weighted by Crippen LogP contribution is 2.29. The molecule has 39 heavy (non-hydrogen) atoms. The topological polar surface area (TPSA) is 133 Å². The molecule has 1 aliphatic heterocycles. The first kappa shape index (κ1) is 26.7. The molecule has 13 heteroatoms. The van der Waals surface area contributed by atoms with Crippen LogP contribution in [0.3, 0.4) is 0 Å². The number of amides is 2. The molecule has 0 spiro atoms. The van der Waals surface area contributed by atoms with Gasteiger partial charge in [0.1, 0.15) is 10.0 Å². The quantitative estimate of drug-likeness (QED) is 0.252. The largest absolute Gasteiger partial charge is 0.494 e. The fraction of sp³-hybridized carbons (Fsp3) is 0.231. The second-order valence-electron chi connectivity index (χ2n) is 9.08. The van der Waals surface area contributed by atoms with E-state index < -0.39 is 33.3 Å². The fourth-order valence-electron chi connectivity index (χ4n) is 4.53. The number of carbonyl (C=O) groups excluding carboxylic acids is 1. The molecule has 0 unspecified atom stereocenters. The lowest BCUT2D eigenvalue weighted by molar-refractivity contribution is 0.256. The third-order valence-electron chi connectivity index (χ3n) is 6.39. The average molecular weight is 572 g/mol. The van der Waals surface area contributed by atoms with Crippen molar-refractivity contribution < 1.29 is 22.7 Å². The monoisotopic (exact) mass is 571 g/mol. The number of benzene rings is 2. The van der Waals surface area contributed by atoms with E-state index >= 15 is 4.39 Å². The molecule has 5 rings (SSSR count). The molecule has 2 amide bonds. The van der Waals surface area contributed by atoms with Crippen LogP contribution in [0.5, 0.6) is 5.88 Å². The molecule has 0 radical (unpaired) electrons. The highest BCUT2D eigenvalue weighted by atomic mass is 32.2. The van der Waals surface area contributed by atoms with Gasteiger partial charge in [0.05, 0.1) is 5.69 Å². The van der Waals surface area contributed by atoms with Crippen molar-refractivity contribution in [1.82, 2.24) is 14.2 Å². The van der Waals surface area contributed by atoms with Gasteiger partial charge in [-0.05, 0) is 79.2 Å². The lowest BCUT2D eigenvalue weighted by Crippen LogP contribution is -2.34. The van der Waals surface area contributed by atoms with E-state index in [0.717, 1.165) is 53.8 Å². The molecule has 0 aliphatic carbocycles. The normalized spacial score (nSPS) is 14.0. The summed E-state index contributed by atoms with van der Waals surface area (Å²) in [5, 5.41) is 18.9. The van der Waals surface area contributed by atoms with Crippen LogP contribution in [0.4, 0.5) is 20.6 Å². The predicted octanol–water partition coefficient (Wildman–Crippen LogP) is 3.92. The van der Waals surface area contributed by atoms with E-state index in [9.17, 15) is 23.1 Å². The summed E-state index contributed by atoms with van der Waals surface area (Å²) in [5.41, 5.74) is -0.120. The molecular formula is C26H26FN5O5S2. The zero-order chi connectivity index (χ0) is 27.6. The average Bonchev–Trinajstić information content (AvgIpc) is 3.60. The number of aromatic hydroxyl groups is 1. The molecule has 1 fully saturated rings. The Kier molecular flexibility index (Phi) is 7.55. The van der Waals surface area contributed by atoms with Gasteiger partial charge in [-0.15, -0.1) is 11.3 Å². The molecule has 3 heterocycles. The Morgan fingerprint density at radius 3 is 2.54 bits per heavy atom. The first-order valence-electron chi connectivity index (χ1n) is 12.2. The number of thiophene rings is 1. The summed E-state index contributed by atoms with van der Waals surface area (Å²) in [6, 6.07) is 11.7. The fourth-order valence-corrected chi connectivity index (χ4v) is 6.43. The van der Waals surface area contributed by atoms with E-state index in [4.69, 9.17) is 0 Å². The van der Waals surface area contributed by atoms with Crippen molar-refractivity contribution in [3.8, 4) is 11.6 Å². The number of aromatic nitrogens is 1. The Morgan fingerprint density at radius 2 is 1.82 bits per heavy atom. The van der Waals surface area contributed by atoms with Gasteiger partial charge in [-0.1, -0.05) is 6.07 Å². The van der Waals surface area contributed by atoms with E-state index in [0.29, 0.717) is 10.8 Å². The van der Waals surface area contributed by atoms with Gasteiger partial charge in [0.15, 0.2) is 0 Å². The number of hydrogen-bond donors (Lipinski definition) is 4. The molecule has 0 saturated carbocycles. The minimum absolute atomic E-state index is 0.0460. The number of fused-ring (bicyclic) bond motifs is 1. The van der Waals surface area contributed by atoms with Gasteiger partial charge in [0.25, 0.3) is 15.6 Å². The Bertz CT molecular complexity index is 1680. The molecule has 1 saturated heterocycles. The molecular weight excluding hydrogens is 545 g/mol. The van der Waals surface area contributed by atoms with Crippen molar-refractivity contribution >= 4 is 49.5 Å². The Morgan fingerprint density at radius 1 is 1.05 bits per heavy atom. The van der Waals surface area contributed by atoms with Crippen LogP contribution >= 0.6 is 11.3 Å². The van der Waals surface area contributed by atoms with Crippen molar-refractivity contribution in [3.05, 3.63) is 76.1 Å². The second kappa shape index (κ2) is 11.0. The van der Waals surface area contributed by atoms with Gasteiger partial charge >= 0.3 is 6.03 Å². The first-order chi connectivity index (χ1) is 18.7. The molecule has 1 aliphatic rings. The Balaban J connectivity index is 1.32. The molecule has 0 bridgehead atoms. The summed E-state index contributed by atoms with van der Waals surface area (Å²) in [6.07, 6.45) is 2.44. The highest BCUT2D eigenvalue weighted by Gasteiger charge is 2.20. The zero-order valence-corrected chi connectivity index (χ0v) is 22.3. The number of nitrogens with one attached hydrogen (secondary N) is 3. The van der Waals surface area contributed by atoms with Crippen LogP contribution in [0.1, 0.15) is 12.8 Å². The van der Waals surface area contributed by atoms with Crippen molar-refractivity contribution in [1.29, 1.82) is 0 Å². The van der Waals surface area contributed by atoms with Crippen LogP contribution in [0.15, 0.2) is 69.0 Å². The number of nitrogens with zero attached hydrogens (tertiary/aromatic N) is 2. The van der Waals surface area contributed by atoms with Crippen molar-refractivity contribution in [2.75, 3.05) is 36.8 Å². The highest BCUT2D eigenvalue weighted by molar-refractivity contribution is 7.92. The van der Waals surface area contributed by atoms with Gasteiger partial charge in [-0.25, -0.2) is 26.9 Å². The first-order valence-corrected chi connectivity index (χ1v) is 14.6. The van der Waals surface area contributed by atoms with Crippen molar-refractivity contribution in [3.63, 3.8) is 0 Å². The molecule has 2 aromatic carbocycles. The molecule has 204 valence electrons. The molecule has 2 aromatic heterocycles. The summed E-state index contributed by atoms with van der Waals surface area (Å²) in [4.78, 5) is 27.5. The van der Waals surface area contributed by atoms with E-state index in [1.54, 1.807) is 23.6 Å². The van der Waals surface area contributed by atoms with Gasteiger partial charge in [-0.3, -0.25) is 4.79 Å². The van der Waals surface area contributed by atoms with Crippen LogP contribution in [-0.2, 0) is 10.0 Å². The van der Waals surface area contributed by atoms with Crippen molar-refractivity contribution in [2.45, 2.75) is 17.1 Å². The SMILES string of the molecule is O=C(Nc1ccc(-n2c(O)c3ccc(NCCN4CCCC4)cc3cc2=O)c(F)c1)NS(=O)(=O)c1cccs1. The maximum Gasteiger partial charge on any atom is 0.333 e. The number of carbonyl (C=O) groups is 1. The lowest BCUT2D eigenvalue weighted by Gasteiger charge is -2.16. The summed E-state index contributed by atoms with van der Waals surface area (Å²) in [6.45, 7) is 3.87. The van der Waals surface area contributed by atoms with Gasteiger partial charge in [0, 0.05) is 35.9 Å². The maximum absolute atomic E-state index is 15.1. The second-order valence-corrected chi connectivity index (χ2v) is 11.9. The summed E-state index contributed by atoms with van der Waals surface area (Å²) in [7, 11) is -4.06. The molecule has 0 atom stereocenters. The molecule has 4 aromatic rings. The van der Waals surface area contributed by atoms with Crippen LogP contribution in [-0.4, -0.2) is 55.2 Å². The van der Waals surface area contributed by atoms with Crippen LogP contribution < -0.4 is 20.9 Å². The predicted molar refractivity (Wildman–Crippen MR) is 149 cm³/mol. The van der Waals surface area contributed by atoms with Crippen LogP contribution in [0, 0.1) is 5.82 Å². The molecule has 4 N–H and O–H groups in total. The summed E-state index contributed by atoms with van der Waals surface area (Å²) in [5.74, 6) is -1.34. The lowest BCUT2D eigenvalue weighted by atomic mass is 10.1. The number of anilines is 2. The Hall–Kier alpha value is -3.94. The number of sulfonamides is 1.